The second kappa shape index (κ2) is 9.14. The van der Waals surface area contributed by atoms with Crippen LogP contribution in [0.3, 0.4) is 0 Å². The fraction of sp³-hybridized carbons (Fsp3) is 0.318. The van der Waals surface area contributed by atoms with Crippen LogP contribution in [0.5, 0.6) is 5.75 Å². The number of aliphatic hydroxyl groups excluding tert-OH is 1. The number of rotatable bonds is 5. The third-order valence-electron chi connectivity index (χ3n) is 5.46. The molecule has 5 N–H and O–H groups in total. The minimum absolute atomic E-state index is 0.0153. The Morgan fingerprint density at radius 3 is 2.56 bits per heavy atom. The number of aliphatic hydroxyl groups is 1. The zero-order chi connectivity index (χ0) is 22.8. The Kier molecular flexibility index (Phi) is 6.30. The molecule has 0 aromatic heterocycles. The highest BCUT2D eigenvalue weighted by Gasteiger charge is 2.43. The Morgan fingerprint density at radius 1 is 1.22 bits per heavy atom. The van der Waals surface area contributed by atoms with Crippen LogP contribution in [0.4, 0.5) is 0 Å². The summed E-state index contributed by atoms with van der Waals surface area (Å²) in [7, 11) is 0. The van der Waals surface area contributed by atoms with Gasteiger partial charge in [-0.1, -0.05) is 17.7 Å². The van der Waals surface area contributed by atoms with Crippen molar-refractivity contribution in [3.05, 3.63) is 63.7 Å². The van der Waals surface area contributed by atoms with Crippen LogP contribution in [-0.2, 0) is 16.0 Å². The molecule has 2 aromatic rings. The summed E-state index contributed by atoms with van der Waals surface area (Å²) in [5.41, 5.74) is 8.43. The van der Waals surface area contributed by atoms with Gasteiger partial charge in [-0.3, -0.25) is 10.4 Å². The summed E-state index contributed by atoms with van der Waals surface area (Å²) in [5, 5.41) is 37.0. The Balaban J connectivity index is 1.56. The number of benzene rings is 2. The lowest BCUT2D eigenvalue weighted by Crippen LogP contribution is -2.34. The highest BCUT2D eigenvalue weighted by atomic mass is 35.5. The molecule has 0 aliphatic carbocycles. The molecule has 9 nitrogen and oxygen atoms in total. The van der Waals surface area contributed by atoms with E-state index in [0.29, 0.717) is 29.8 Å². The zero-order valence-electron chi connectivity index (χ0n) is 17.0. The quantitative estimate of drug-likeness (QED) is 0.395. The van der Waals surface area contributed by atoms with Gasteiger partial charge in [0.2, 0.25) is 0 Å². The largest absolute Gasteiger partial charge is 0.506 e. The summed E-state index contributed by atoms with van der Waals surface area (Å²) in [4.78, 5) is 6.23. The van der Waals surface area contributed by atoms with Crippen molar-refractivity contribution in [3.63, 3.8) is 0 Å². The molecule has 2 unspecified atom stereocenters. The number of phenolic OH excluding ortho intramolecular Hbond substituents is 1. The number of nitrogens with one attached hydrogen (secondary N) is 1. The van der Waals surface area contributed by atoms with E-state index in [4.69, 9.17) is 32.2 Å². The second-order valence-corrected chi connectivity index (χ2v) is 7.98. The molecular formula is C22H22ClN5O4. The van der Waals surface area contributed by atoms with Gasteiger partial charge in [-0.05, 0) is 35.9 Å². The highest BCUT2D eigenvalue weighted by Crippen LogP contribution is 2.28. The van der Waals surface area contributed by atoms with Crippen molar-refractivity contribution < 1.29 is 19.7 Å². The molecule has 166 valence electrons. The molecule has 4 rings (SSSR count). The summed E-state index contributed by atoms with van der Waals surface area (Å²) in [6, 6.07) is 11.8. The number of likely N-dealkylation sites (tertiary alicyclic amines) is 1. The molecule has 0 radical (unpaired) electrons. The molecule has 2 aliphatic heterocycles. The van der Waals surface area contributed by atoms with Crippen LogP contribution in [0, 0.1) is 16.7 Å². The number of aliphatic imine (C=N–C) groups is 1. The number of hydrogen-bond acceptors (Lipinski definition) is 7. The molecule has 10 heteroatoms. The second-order valence-electron chi connectivity index (χ2n) is 7.57. The predicted octanol–water partition coefficient (Wildman–Crippen LogP) is 1.57. The maximum absolute atomic E-state index is 9.56. The van der Waals surface area contributed by atoms with Crippen molar-refractivity contribution >= 4 is 23.3 Å². The first-order valence-electron chi connectivity index (χ1n) is 9.97. The van der Waals surface area contributed by atoms with Crippen LogP contribution in [0.1, 0.15) is 22.3 Å². The van der Waals surface area contributed by atoms with Gasteiger partial charge in [0.25, 0.3) is 0 Å². The fourth-order valence-corrected chi connectivity index (χ4v) is 4.01. The van der Waals surface area contributed by atoms with E-state index in [1.807, 2.05) is 4.90 Å². The van der Waals surface area contributed by atoms with Crippen LogP contribution < -0.4 is 5.73 Å². The minimum Gasteiger partial charge on any atom is -0.506 e. The van der Waals surface area contributed by atoms with E-state index in [1.165, 1.54) is 6.07 Å². The summed E-state index contributed by atoms with van der Waals surface area (Å²) in [5.74, 6) is 0.384. The number of amidine groups is 2. The van der Waals surface area contributed by atoms with E-state index < -0.39 is 6.29 Å². The maximum atomic E-state index is 9.56. The minimum atomic E-state index is -0.622. The normalized spacial score (nSPS) is 22.6. The first kappa shape index (κ1) is 22.0. The van der Waals surface area contributed by atoms with Gasteiger partial charge in [0.15, 0.2) is 6.29 Å². The fourth-order valence-electron chi connectivity index (χ4n) is 3.81. The number of ether oxygens (including phenoxy) is 2. The molecule has 2 atom stereocenters. The van der Waals surface area contributed by atoms with Crippen molar-refractivity contribution in [2.45, 2.75) is 25.0 Å². The van der Waals surface area contributed by atoms with Gasteiger partial charge in [0, 0.05) is 24.2 Å². The average Bonchev–Trinajstić information content (AvgIpc) is 3.37. The topological polar surface area (TPSA) is 148 Å². The number of phenols is 1. The van der Waals surface area contributed by atoms with Crippen molar-refractivity contribution in [1.82, 2.24) is 4.90 Å². The molecular weight excluding hydrogens is 434 g/mol. The van der Waals surface area contributed by atoms with Crippen molar-refractivity contribution in [3.8, 4) is 11.8 Å². The Hall–Kier alpha value is -3.16. The molecule has 2 fully saturated rings. The zero-order valence-corrected chi connectivity index (χ0v) is 17.8. The predicted molar refractivity (Wildman–Crippen MR) is 118 cm³/mol. The van der Waals surface area contributed by atoms with E-state index in [9.17, 15) is 15.5 Å². The monoisotopic (exact) mass is 455 g/mol. The van der Waals surface area contributed by atoms with Crippen LogP contribution in [0.2, 0.25) is 5.02 Å². The summed E-state index contributed by atoms with van der Waals surface area (Å²) in [6.45, 7) is 0.905. The standard InChI is InChI=1S/C22H22ClN5O4/c23-16-6-13(2-4-17(16)30)8-27-21(25)15-5-12(7-24)1-3-14(15)22(26)28-9-18-19(10-28)32-20(11-29)31-18/h1-6,18-20,26,29-30H,8-11H2,(H2,25,27). The van der Waals surface area contributed by atoms with E-state index in [0.717, 1.165) is 5.56 Å². The number of nitrogens with zero attached hydrogens (tertiary/aromatic N) is 3. The van der Waals surface area contributed by atoms with Crippen LogP contribution in [0.15, 0.2) is 41.4 Å². The lowest BCUT2D eigenvalue weighted by molar-refractivity contribution is -0.103. The van der Waals surface area contributed by atoms with E-state index in [1.54, 1.807) is 30.3 Å². The van der Waals surface area contributed by atoms with Gasteiger partial charge < -0.3 is 30.3 Å². The lowest BCUT2D eigenvalue weighted by Gasteiger charge is -2.23. The maximum Gasteiger partial charge on any atom is 0.181 e. The van der Waals surface area contributed by atoms with E-state index in [-0.39, 0.29) is 47.8 Å². The lowest BCUT2D eigenvalue weighted by atomic mass is 10.0. The molecule has 0 bridgehead atoms. The third-order valence-corrected chi connectivity index (χ3v) is 5.76. The summed E-state index contributed by atoms with van der Waals surface area (Å²) >= 11 is 5.95. The molecule has 0 spiro atoms. The smallest absolute Gasteiger partial charge is 0.181 e. The number of hydrogen-bond donors (Lipinski definition) is 4. The van der Waals surface area contributed by atoms with Gasteiger partial charge >= 0.3 is 0 Å². The number of halogens is 1. The molecule has 0 saturated carbocycles. The molecule has 0 amide bonds. The molecule has 32 heavy (non-hydrogen) atoms. The summed E-state index contributed by atoms with van der Waals surface area (Å²) < 4.78 is 11.3. The van der Waals surface area contributed by atoms with Gasteiger partial charge in [-0.15, -0.1) is 0 Å². The van der Waals surface area contributed by atoms with Crippen LogP contribution in [-0.4, -0.2) is 65.0 Å². The van der Waals surface area contributed by atoms with Gasteiger partial charge in [0.1, 0.15) is 29.6 Å². The third kappa shape index (κ3) is 4.40. The Morgan fingerprint density at radius 2 is 1.94 bits per heavy atom. The van der Waals surface area contributed by atoms with E-state index in [2.05, 4.69) is 11.1 Å². The molecule has 2 heterocycles. The number of fused-ring (bicyclic) bond motifs is 1. The van der Waals surface area contributed by atoms with E-state index >= 15 is 0 Å². The molecule has 2 aliphatic rings. The van der Waals surface area contributed by atoms with Crippen molar-refractivity contribution in [2.24, 2.45) is 10.7 Å². The van der Waals surface area contributed by atoms with Crippen LogP contribution >= 0.6 is 11.6 Å². The number of nitrogens with two attached hydrogens (primary N) is 1. The summed E-state index contributed by atoms with van der Waals surface area (Å²) in [6.07, 6.45) is -1.07. The SMILES string of the molecule is N#Cc1ccc(C(=N)N2CC3OC(CO)OC3C2)c(C(N)=NCc2ccc(O)c(Cl)c2)c1. The molecule has 2 saturated heterocycles. The van der Waals surface area contributed by atoms with Crippen molar-refractivity contribution in [2.75, 3.05) is 19.7 Å². The van der Waals surface area contributed by atoms with Crippen LogP contribution in [0.25, 0.3) is 0 Å². The Labute approximate surface area is 189 Å². The molecule has 2 aromatic carbocycles. The number of nitriles is 1. The van der Waals surface area contributed by atoms with Gasteiger partial charge in [-0.2, -0.15) is 5.26 Å². The first-order valence-corrected chi connectivity index (χ1v) is 10.3. The highest BCUT2D eigenvalue weighted by molar-refractivity contribution is 6.32. The Bertz CT molecular complexity index is 1100. The van der Waals surface area contributed by atoms with Crippen molar-refractivity contribution in [1.29, 1.82) is 10.7 Å². The number of aromatic hydroxyl groups is 1. The average molecular weight is 456 g/mol. The first-order chi connectivity index (χ1) is 15.4. The van der Waals surface area contributed by atoms with Gasteiger partial charge in [0.05, 0.1) is 29.8 Å². The van der Waals surface area contributed by atoms with Gasteiger partial charge in [-0.25, -0.2) is 0 Å².